The van der Waals surface area contributed by atoms with E-state index in [1.54, 1.807) is 56.7 Å². The molecular weight excluding hydrogens is 406 g/mol. The van der Waals surface area contributed by atoms with Gasteiger partial charge in [0, 0.05) is 17.0 Å². The highest BCUT2D eigenvalue weighted by Gasteiger charge is 2.23. The zero-order valence-electron chi connectivity index (χ0n) is 17.6. The number of nitrogens with one attached hydrogen (secondary N) is 1. The summed E-state index contributed by atoms with van der Waals surface area (Å²) in [4.78, 5) is 25.8. The summed E-state index contributed by atoms with van der Waals surface area (Å²) in [6, 6.07) is 21.2. The van der Waals surface area contributed by atoms with E-state index in [2.05, 4.69) is 5.32 Å². The third-order valence-corrected chi connectivity index (χ3v) is 4.95. The predicted molar refractivity (Wildman–Crippen MR) is 123 cm³/mol. The molecule has 0 radical (unpaired) electrons. The number of carbonyl (C=O) groups is 2. The molecule has 0 aliphatic heterocycles. The third-order valence-electron chi connectivity index (χ3n) is 4.95. The van der Waals surface area contributed by atoms with Gasteiger partial charge in [0.1, 0.15) is 17.1 Å². The molecule has 1 amide bonds. The van der Waals surface area contributed by atoms with Gasteiger partial charge in [-0.1, -0.05) is 24.3 Å². The van der Waals surface area contributed by atoms with Crippen LogP contribution in [0.5, 0.6) is 11.5 Å². The lowest BCUT2D eigenvalue weighted by atomic mass is 10.1. The molecule has 0 saturated carbocycles. The van der Waals surface area contributed by atoms with E-state index in [0.29, 0.717) is 28.0 Å². The third kappa shape index (κ3) is 4.39. The Hall–Kier alpha value is -4.32. The Balaban J connectivity index is 1.62. The van der Waals surface area contributed by atoms with Crippen molar-refractivity contribution in [1.29, 1.82) is 0 Å². The van der Waals surface area contributed by atoms with Gasteiger partial charge < -0.3 is 19.2 Å². The normalized spacial score (nSPS) is 10.9. The minimum Gasteiger partial charge on any atom is -0.497 e. The van der Waals surface area contributed by atoms with Crippen LogP contribution in [-0.2, 0) is 4.79 Å². The number of rotatable bonds is 7. The second kappa shape index (κ2) is 9.22. The van der Waals surface area contributed by atoms with Crippen LogP contribution in [0.15, 0.2) is 83.3 Å². The SMILES string of the molecule is COc1ccc(/C=C/C(=O)Nc2c(C(=O)c3ccc(OC)cc3)oc3ccccc23)cc1. The maximum atomic E-state index is 13.1. The number of methoxy groups -OCH3 is 2. The molecular formula is C26H21NO5. The minimum absolute atomic E-state index is 0.0718. The largest absolute Gasteiger partial charge is 0.497 e. The average molecular weight is 427 g/mol. The molecule has 0 saturated heterocycles. The number of carbonyl (C=O) groups excluding carboxylic acids is 2. The van der Waals surface area contributed by atoms with Crippen molar-refractivity contribution < 1.29 is 23.5 Å². The van der Waals surface area contributed by atoms with E-state index < -0.39 is 0 Å². The fourth-order valence-electron chi connectivity index (χ4n) is 3.25. The molecule has 4 rings (SSSR count). The first-order valence-corrected chi connectivity index (χ1v) is 9.92. The number of anilines is 1. The summed E-state index contributed by atoms with van der Waals surface area (Å²) < 4.78 is 16.1. The summed E-state index contributed by atoms with van der Waals surface area (Å²) in [5, 5.41) is 3.46. The fraction of sp³-hybridized carbons (Fsp3) is 0.0769. The summed E-state index contributed by atoms with van der Waals surface area (Å²) in [5.74, 6) is 0.735. The molecule has 32 heavy (non-hydrogen) atoms. The number of furan rings is 1. The van der Waals surface area contributed by atoms with Crippen LogP contribution < -0.4 is 14.8 Å². The highest BCUT2D eigenvalue weighted by atomic mass is 16.5. The van der Waals surface area contributed by atoms with Crippen molar-refractivity contribution in [3.8, 4) is 11.5 Å². The maximum absolute atomic E-state index is 13.1. The number of ketones is 1. The summed E-state index contributed by atoms with van der Waals surface area (Å²) >= 11 is 0. The van der Waals surface area contributed by atoms with Crippen molar-refractivity contribution in [3.63, 3.8) is 0 Å². The van der Waals surface area contributed by atoms with Gasteiger partial charge in [-0.25, -0.2) is 0 Å². The fourth-order valence-corrected chi connectivity index (χ4v) is 3.25. The first kappa shape index (κ1) is 20.9. The smallest absolute Gasteiger partial charge is 0.248 e. The Labute approximate surface area is 185 Å². The Morgan fingerprint density at radius 1 is 0.844 bits per heavy atom. The molecule has 160 valence electrons. The Bertz CT molecular complexity index is 1280. The van der Waals surface area contributed by atoms with E-state index in [9.17, 15) is 9.59 Å². The summed E-state index contributed by atoms with van der Waals surface area (Å²) in [7, 11) is 3.15. The van der Waals surface area contributed by atoms with Gasteiger partial charge in [0.25, 0.3) is 0 Å². The van der Waals surface area contributed by atoms with Gasteiger partial charge in [0.05, 0.1) is 19.9 Å². The molecule has 1 aromatic heterocycles. The molecule has 6 nitrogen and oxygen atoms in total. The molecule has 0 bridgehead atoms. The van der Waals surface area contributed by atoms with Crippen molar-refractivity contribution in [3.05, 3.63) is 95.8 Å². The van der Waals surface area contributed by atoms with E-state index in [1.807, 2.05) is 36.4 Å². The number of para-hydroxylation sites is 1. The number of amides is 1. The van der Waals surface area contributed by atoms with Crippen molar-refractivity contribution in [2.24, 2.45) is 0 Å². The maximum Gasteiger partial charge on any atom is 0.248 e. The Morgan fingerprint density at radius 3 is 2.12 bits per heavy atom. The quantitative estimate of drug-likeness (QED) is 0.318. The molecule has 0 spiro atoms. The lowest BCUT2D eigenvalue weighted by Gasteiger charge is -2.05. The molecule has 0 atom stereocenters. The lowest BCUT2D eigenvalue weighted by Crippen LogP contribution is -2.11. The van der Waals surface area contributed by atoms with E-state index in [1.165, 1.54) is 6.08 Å². The number of ether oxygens (including phenoxy) is 2. The molecule has 1 heterocycles. The Morgan fingerprint density at radius 2 is 1.47 bits per heavy atom. The first-order chi connectivity index (χ1) is 15.6. The van der Waals surface area contributed by atoms with Crippen LogP contribution in [0.25, 0.3) is 17.0 Å². The van der Waals surface area contributed by atoms with Crippen LogP contribution >= 0.6 is 0 Å². The van der Waals surface area contributed by atoms with Gasteiger partial charge >= 0.3 is 0 Å². The summed E-state index contributed by atoms with van der Waals surface area (Å²) in [5.41, 5.74) is 2.12. The van der Waals surface area contributed by atoms with E-state index in [-0.39, 0.29) is 17.5 Å². The second-order valence-corrected chi connectivity index (χ2v) is 6.96. The van der Waals surface area contributed by atoms with Crippen LogP contribution in [0.3, 0.4) is 0 Å². The molecule has 3 aromatic carbocycles. The molecule has 0 aliphatic rings. The topological polar surface area (TPSA) is 77.8 Å². The van der Waals surface area contributed by atoms with Crippen molar-refractivity contribution in [2.75, 3.05) is 19.5 Å². The lowest BCUT2D eigenvalue weighted by molar-refractivity contribution is -0.111. The molecule has 0 aliphatic carbocycles. The van der Waals surface area contributed by atoms with E-state index >= 15 is 0 Å². The first-order valence-electron chi connectivity index (χ1n) is 9.92. The van der Waals surface area contributed by atoms with Gasteiger partial charge in [-0.2, -0.15) is 0 Å². The van der Waals surface area contributed by atoms with Gasteiger partial charge in [-0.05, 0) is 60.2 Å². The number of benzene rings is 3. The predicted octanol–water partition coefficient (Wildman–Crippen LogP) is 5.33. The number of hydrogen-bond acceptors (Lipinski definition) is 5. The summed E-state index contributed by atoms with van der Waals surface area (Å²) in [6.45, 7) is 0. The summed E-state index contributed by atoms with van der Waals surface area (Å²) in [6.07, 6.45) is 3.09. The van der Waals surface area contributed by atoms with Crippen LogP contribution in [0.4, 0.5) is 5.69 Å². The molecule has 1 N–H and O–H groups in total. The second-order valence-electron chi connectivity index (χ2n) is 6.96. The Kier molecular flexibility index (Phi) is 6.03. The van der Waals surface area contributed by atoms with E-state index in [4.69, 9.17) is 13.9 Å². The van der Waals surface area contributed by atoms with Gasteiger partial charge in [-0.3, -0.25) is 9.59 Å². The van der Waals surface area contributed by atoms with Crippen molar-refractivity contribution in [2.45, 2.75) is 0 Å². The van der Waals surface area contributed by atoms with Crippen LogP contribution in [0, 0.1) is 0 Å². The standard InChI is InChI=1S/C26H21NO5/c1-30-19-12-7-17(8-13-19)9-16-23(28)27-24-21-5-3-4-6-22(21)32-26(24)25(29)18-10-14-20(31-2)15-11-18/h3-16H,1-2H3,(H,27,28)/b16-9+. The highest BCUT2D eigenvalue weighted by molar-refractivity contribution is 6.18. The zero-order chi connectivity index (χ0) is 22.5. The van der Waals surface area contributed by atoms with Gasteiger partial charge in [-0.15, -0.1) is 0 Å². The van der Waals surface area contributed by atoms with Crippen LogP contribution in [0.2, 0.25) is 0 Å². The number of hydrogen-bond donors (Lipinski definition) is 1. The highest BCUT2D eigenvalue weighted by Crippen LogP contribution is 2.32. The van der Waals surface area contributed by atoms with Gasteiger partial charge in [0.2, 0.25) is 11.7 Å². The van der Waals surface area contributed by atoms with Crippen molar-refractivity contribution in [1.82, 2.24) is 0 Å². The average Bonchev–Trinajstić information content (AvgIpc) is 3.21. The monoisotopic (exact) mass is 427 g/mol. The van der Waals surface area contributed by atoms with Crippen LogP contribution in [-0.4, -0.2) is 25.9 Å². The van der Waals surface area contributed by atoms with Crippen LogP contribution in [0.1, 0.15) is 21.7 Å². The molecule has 0 unspecified atom stereocenters. The van der Waals surface area contributed by atoms with Crippen molar-refractivity contribution >= 4 is 34.4 Å². The molecule has 4 aromatic rings. The number of fused-ring (bicyclic) bond motifs is 1. The van der Waals surface area contributed by atoms with E-state index in [0.717, 1.165) is 11.3 Å². The molecule has 6 heteroatoms. The van der Waals surface area contributed by atoms with Gasteiger partial charge in [0.15, 0.2) is 5.76 Å². The zero-order valence-corrected chi connectivity index (χ0v) is 17.6. The minimum atomic E-state index is -0.379. The molecule has 0 fully saturated rings.